The lowest BCUT2D eigenvalue weighted by molar-refractivity contribution is -0.132. The highest BCUT2D eigenvalue weighted by molar-refractivity contribution is 5.76. The third-order valence-corrected chi connectivity index (χ3v) is 4.29. The maximum atomic E-state index is 12.3. The Morgan fingerprint density at radius 2 is 1.90 bits per heavy atom. The molecule has 1 aromatic heterocycles. The Morgan fingerprint density at radius 1 is 1.15 bits per heavy atom. The third kappa shape index (κ3) is 2.65. The van der Waals surface area contributed by atoms with Crippen LogP contribution in [0.25, 0.3) is 0 Å². The molecule has 2 aliphatic rings. The van der Waals surface area contributed by atoms with E-state index in [0.29, 0.717) is 12.8 Å². The summed E-state index contributed by atoms with van der Waals surface area (Å²) in [5, 5.41) is 0. The van der Waals surface area contributed by atoms with Crippen LogP contribution in [0.4, 0.5) is 0 Å². The molecule has 0 radical (unpaired) electrons. The number of aryl methyl sites for hydroxylation is 1. The standard InChI is InChI=1S/C16H21NO3/c1-11-8-12-10-14(18)13-4-2-6-17(16(19)9-11)7-3-5-15(13)20-12/h10-11H,2-9H2,1H3. The Balaban J connectivity index is 2.08. The molecule has 0 saturated heterocycles. The van der Waals surface area contributed by atoms with Crippen molar-refractivity contribution >= 4 is 5.91 Å². The fourth-order valence-electron chi connectivity index (χ4n) is 3.27. The molecule has 3 bridgehead atoms. The van der Waals surface area contributed by atoms with E-state index in [4.69, 9.17) is 4.42 Å². The third-order valence-electron chi connectivity index (χ3n) is 4.29. The summed E-state index contributed by atoms with van der Waals surface area (Å²) in [5.41, 5.74) is 0.949. The molecule has 0 spiro atoms. The second kappa shape index (κ2) is 5.43. The lowest BCUT2D eigenvalue weighted by atomic mass is 9.99. The van der Waals surface area contributed by atoms with Crippen molar-refractivity contribution in [3.63, 3.8) is 0 Å². The van der Waals surface area contributed by atoms with Crippen molar-refractivity contribution in [2.24, 2.45) is 5.92 Å². The van der Waals surface area contributed by atoms with Crippen LogP contribution < -0.4 is 5.43 Å². The van der Waals surface area contributed by atoms with Gasteiger partial charge in [-0.25, -0.2) is 0 Å². The molecule has 4 heteroatoms. The highest BCUT2D eigenvalue weighted by Gasteiger charge is 2.23. The minimum Gasteiger partial charge on any atom is -0.466 e. The van der Waals surface area contributed by atoms with Crippen LogP contribution in [0.15, 0.2) is 15.3 Å². The van der Waals surface area contributed by atoms with E-state index in [1.54, 1.807) is 6.07 Å². The van der Waals surface area contributed by atoms with Crippen molar-refractivity contribution in [1.29, 1.82) is 0 Å². The number of fused-ring (bicyclic) bond motifs is 4. The van der Waals surface area contributed by atoms with Crippen molar-refractivity contribution in [3.05, 3.63) is 33.4 Å². The zero-order valence-corrected chi connectivity index (χ0v) is 12.0. The fraction of sp³-hybridized carbons (Fsp3) is 0.625. The van der Waals surface area contributed by atoms with Gasteiger partial charge in [-0.2, -0.15) is 0 Å². The van der Waals surface area contributed by atoms with Crippen LogP contribution in [0, 0.1) is 5.92 Å². The Morgan fingerprint density at radius 3 is 2.70 bits per heavy atom. The molecule has 1 unspecified atom stereocenters. The largest absolute Gasteiger partial charge is 0.466 e. The molecular formula is C16H21NO3. The minimum absolute atomic E-state index is 0.119. The fourth-order valence-corrected chi connectivity index (χ4v) is 3.27. The summed E-state index contributed by atoms with van der Waals surface area (Å²) < 4.78 is 5.97. The number of amides is 1. The molecule has 0 aromatic carbocycles. The molecule has 3 rings (SSSR count). The first-order chi connectivity index (χ1) is 9.63. The molecule has 20 heavy (non-hydrogen) atoms. The van der Waals surface area contributed by atoms with Gasteiger partial charge in [-0.05, 0) is 25.2 Å². The topological polar surface area (TPSA) is 50.5 Å². The van der Waals surface area contributed by atoms with Gasteiger partial charge in [0, 0.05) is 44.0 Å². The van der Waals surface area contributed by atoms with Gasteiger partial charge in [0.05, 0.1) is 0 Å². The molecule has 0 saturated carbocycles. The lowest BCUT2D eigenvalue weighted by Crippen LogP contribution is -2.34. The van der Waals surface area contributed by atoms with Gasteiger partial charge in [0.25, 0.3) is 0 Å². The van der Waals surface area contributed by atoms with E-state index in [-0.39, 0.29) is 17.3 Å². The predicted molar refractivity (Wildman–Crippen MR) is 75.7 cm³/mol. The van der Waals surface area contributed by atoms with Crippen LogP contribution in [-0.2, 0) is 24.1 Å². The summed E-state index contributed by atoms with van der Waals surface area (Å²) in [7, 11) is 0. The van der Waals surface area contributed by atoms with E-state index in [9.17, 15) is 9.59 Å². The zero-order valence-electron chi connectivity index (χ0n) is 12.0. The van der Waals surface area contributed by atoms with Crippen molar-refractivity contribution in [2.45, 2.75) is 45.4 Å². The molecule has 108 valence electrons. The van der Waals surface area contributed by atoms with Gasteiger partial charge < -0.3 is 9.32 Å². The Bertz CT molecular complexity index is 576. The molecule has 3 heterocycles. The van der Waals surface area contributed by atoms with Gasteiger partial charge in [-0.1, -0.05) is 6.92 Å². The molecular weight excluding hydrogens is 254 g/mol. The van der Waals surface area contributed by atoms with Crippen molar-refractivity contribution in [3.8, 4) is 0 Å². The van der Waals surface area contributed by atoms with Crippen LogP contribution in [0.5, 0.6) is 0 Å². The molecule has 0 fully saturated rings. The molecule has 2 aliphatic heterocycles. The molecule has 4 nitrogen and oxygen atoms in total. The highest BCUT2D eigenvalue weighted by Crippen LogP contribution is 2.21. The number of carbonyl (C=O) groups excluding carboxylic acids is 1. The smallest absolute Gasteiger partial charge is 0.222 e. The van der Waals surface area contributed by atoms with Gasteiger partial charge in [0.15, 0.2) is 5.43 Å². The quantitative estimate of drug-likeness (QED) is 0.727. The van der Waals surface area contributed by atoms with E-state index < -0.39 is 0 Å². The predicted octanol–water partition coefficient (Wildman–Crippen LogP) is 1.93. The van der Waals surface area contributed by atoms with Crippen LogP contribution in [0.1, 0.15) is 43.3 Å². The van der Waals surface area contributed by atoms with E-state index in [0.717, 1.165) is 55.9 Å². The lowest BCUT2D eigenvalue weighted by Gasteiger charge is -2.23. The summed E-state index contributed by atoms with van der Waals surface area (Å²) >= 11 is 0. The Kier molecular flexibility index (Phi) is 3.64. The second-order valence-electron chi connectivity index (χ2n) is 6.08. The number of hydrogen-bond acceptors (Lipinski definition) is 3. The summed E-state index contributed by atoms with van der Waals surface area (Å²) in [6.07, 6.45) is 4.41. The summed E-state index contributed by atoms with van der Waals surface area (Å²) in [6, 6.07) is 1.64. The van der Waals surface area contributed by atoms with Crippen molar-refractivity contribution in [1.82, 2.24) is 4.90 Å². The SMILES string of the molecule is CC1CC(=O)N2CCCc3oc(cc(=O)c3CCC2)C1. The highest BCUT2D eigenvalue weighted by atomic mass is 16.3. The van der Waals surface area contributed by atoms with Gasteiger partial charge >= 0.3 is 0 Å². The summed E-state index contributed by atoms with van der Waals surface area (Å²) in [5.74, 6) is 2.05. The second-order valence-corrected chi connectivity index (χ2v) is 6.08. The molecule has 0 aliphatic carbocycles. The Hall–Kier alpha value is -1.58. The first-order valence-electron chi connectivity index (χ1n) is 7.56. The molecule has 1 aromatic rings. The monoisotopic (exact) mass is 275 g/mol. The number of nitrogens with zero attached hydrogens (tertiary/aromatic N) is 1. The average Bonchev–Trinajstić information content (AvgIpc) is 2.46. The van der Waals surface area contributed by atoms with E-state index in [1.165, 1.54) is 0 Å². The zero-order chi connectivity index (χ0) is 14.1. The maximum absolute atomic E-state index is 12.3. The van der Waals surface area contributed by atoms with E-state index in [2.05, 4.69) is 0 Å². The van der Waals surface area contributed by atoms with Crippen LogP contribution in [-0.4, -0.2) is 23.9 Å². The summed E-state index contributed by atoms with van der Waals surface area (Å²) in [6.45, 7) is 3.58. The van der Waals surface area contributed by atoms with E-state index in [1.807, 2.05) is 11.8 Å². The number of rotatable bonds is 0. The average molecular weight is 275 g/mol. The van der Waals surface area contributed by atoms with Crippen LogP contribution in [0.2, 0.25) is 0 Å². The van der Waals surface area contributed by atoms with E-state index >= 15 is 0 Å². The first-order valence-corrected chi connectivity index (χ1v) is 7.56. The maximum Gasteiger partial charge on any atom is 0.222 e. The summed E-state index contributed by atoms with van der Waals surface area (Å²) in [4.78, 5) is 26.6. The molecule has 1 amide bonds. The molecule has 1 atom stereocenters. The Labute approximate surface area is 118 Å². The van der Waals surface area contributed by atoms with Gasteiger partial charge in [-0.3, -0.25) is 9.59 Å². The van der Waals surface area contributed by atoms with Gasteiger partial charge in [-0.15, -0.1) is 0 Å². The normalized spacial score (nSPS) is 23.4. The van der Waals surface area contributed by atoms with Gasteiger partial charge in [0.1, 0.15) is 11.5 Å². The first kappa shape index (κ1) is 13.4. The minimum atomic E-state index is 0.119. The van der Waals surface area contributed by atoms with Crippen molar-refractivity contribution < 1.29 is 9.21 Å². The van der Waals surface area contributed by atoms with Crippen LogP contribution >= 0.6 is 0 Å². The number of hydrogen-bond donors (Lipinski definition) is 0. The van der Waals surface area contributed by atoms with Gasteiger partial charge in [0.2, 0.25) is 5.91 Å². The molecule has 0 N–H and O–H groups in total. The van der Waals surface area contributed by atoms with Crippen molar-refractivity contribution in [2.75, 3.05) is 13.1 Å². The van der Waals surface area contributed by atoms with Crippen LogP contribution in [0.3, 0.4) is 0 Å². The number of carbonyl (C=O) groups is 1.